The van der Waals surface area contributed by atoms with Crippen molar-refractivity contribution in [3.63, 3.8) is 0 Å². The largest absolute Gasteiger partial charge is 0.494 e. The number of nitrogens with zero attached hydrogens (tertiary/aromatic N) is 3. The van der Waals surface area contributed by atoms with Crippen molar-refractivity contribution in [3.8, 4) is 11.9 Å². The Morgan fingerprint density at radius 2 is 1.95 bits per heavy atom. The van der Waals surface area contributed by atoms with Gasteiger partial charge in [-0.1, -0.05) is 29.3 Å². The molecule has 0 fully saturated rings. The van der Waals surface area contributed by atoms with Crippen molar-refractivity contribution < 1.29 is 5.11 Å². The van der Waals surface area contributed by atoms with Gasteiger partial charge in [0.15, 0.2) is 0 Å². The van der Waals surface area contributed by atoms with Crippen molar-refractivity contribution >= 4 is 35.1 Å². The summed E-state index contributed by atoms with van der Waals surface area (Å²) in [6, 6.07) is 6.79. The zero-order valence-electron chi connectivity index (χ0n) is 11.8. The topological polar surface area (TPSA) is 78.4 Å². The molecule has 5 nitrogen and oxygen atoms in total. The quantitative estimate of drug-likeness (QED) is 0.855. The number of aliphatic imine (C=N–C) groups is 1. The lowest BCUT2D eigenvalue weighted by atomic mass is 10.1. The second-order valence-electron chi connectivity index (χ2n) is 4.54. The van der Waals surface area contributed by atoms with E-state index in [9.17, 15) is 9.90 Å². The molecule has 2 rings (SSSR count). The lowest BCUT2D eigenvalue weighted by Gasteiger charge is -2.10. The summed E-state index contributed by atoms with van der Waals surface area (Å²) < 4.78 is 0.987. The van der Waals surface area contributed by atoms with Gasteiger partial charge in [0.05, 0.1) is 15.6 Å². The summed E-state index contributed by atoms with van der Waals surface area (Å²) in [4.78, 5) is 16.0. The summed E-state index contributed by atoms with van der Waals surface area (Å²) in [7, 11) is 1.37. The van der Waals surface area contributed by atoms with Crippen LogP contribution in [0.4, 0.5) is 5.69 Å². The number of benzene rings is 1. The van der Waals surface area contributed by atoms with Gasteiger partial charge < -0.3 is 5.11 Å². The first-order chi connectivity index (χ1) is 10.4. The average molecular weight is 336 g/mol. The van der Waals surface area contributed by atoms with Crippen molar-refractivity contribution in [3.05, 3.63) is 55.3 Å². The van der Waals surface area contributed by atoms with E-state index in [2.05, 4.69) is 4.99 Å². The van der Waals surface area contributed by atoms with Crippen LogP contribution in [0, 0.1) is 18.3 Å². The number of nitriles is 1. The SMILES string of the molecule is Cc1c(C=Nc2c(Cl)cccc2Cl)c(O)n(C)c(=O)c1C#N. The molecule has 0 saturated carbocycles. The maximum Gasteiger partial charge on any atom is 0.271 e. The first-order valence-corrected chi connectivity index (χ1v) is 6.94. The molecule has 0 spiro atoms. The summed E-state index contributed by atoms with van der Waals surface area (Å²) in [5.41, 5.74) is 0.332. The van der Waals surface area contributed by atoms with E-state index in [0.717, 1.165) is 4.57 Å². The highest BCUT2D eigenvalue weighted by Crippen LogP contribution is 2.33. The molecule has 1 N–H and O–H groups in total. The molecular weight excluding hydrogens is 325 g/mol. The number of para-hydroxylation sites is 1. The van der Waals surface area contributed by atoms with Crippen LogP contribution in [0.25, 0.3) is 0 Å². The van der Waals surface area contributed by atoms with Gasteiger partial charge in [0, 0.05) is 13.3 Å². The van der Waals surface area contributed by atoms with Crippen LogP contribution < -0.4 is 5.56 Å². The van der Waals surface area contributed by atoms with Gasteiger partial charge in [0.25, 0.3) is 5.56 Å². The van der Waals surface area contributed by atoms with Crippen molar-refractivity contribution in [2.45, 2.75) is 6.92 Å². The van der Waals surface area contributed by atoms with E-state index in [1.54, 1.807) is 25.1 Å². The molecule has 0 radical (unpaired) electrons. The van der Waals surface area contributed by atoms with Gasteiger partial charge in [-0.15, -0.1) is 0 Å². The van der Waals surface area contributed by atoms with Crippen LogP contribution in [0.15, 0.2) is 28.0 Å². The Balaban J connectivity index is 2.65. The van der Waals surface area contributed by atoms with E-state index in [1.807, 2.05) is 6.07 Å². The Labute approximate surface area is 136 Å². The van der Waals surface area contributed by atoms with Crippen molar-refractivity contribution in [1.29, 1.82) is 5.26 Å². The summed E-state index contributed by atoms with van der Waals surface area (Å²) in [5, 5.41) is 19.9. The molecule has 0 saturated heterocycles. The van der Waals surface area contributed by atoms with Crippen LogP contribution in [0.5, 0.6) is 5.88 Å². The molecule has 112 valence electrons. The van der Waals surface area contributed by atoms with E-state index in [-0.39, 0.29) is 17.0 Å². The number of hydrogen-bond acceptors (Lipinski definition) is 4. The van der Waals surface area contributed by atoms with Gasteiger partial charge in [-0.25, -0.2) is 0 Å². The minimum Gasteiger partial charge on any atom is -0.494 e. The Morgan fingerprint density at radius 3 is 2.50 bits per heavy atom. The summed E-state index contributed by atoms with van der Waals surface area (Å²) >= 11 is 12.0. The predicted octanol–water partition coefficient (Wildman–Crippen LogP) is 3.33. The van der Waals surface area contributed by atoms with Crippen molar-refractivity contribution in [2.75, 3.05) is 0 Å². The fraction of sp³-hybridized carbons (Fsp3) is 0.133. The molecule has 0 amide bonds. The lowest BCUT2D eigenvalue weighted by Crippen LogP contribution is -2.22. The normalized spacial score (nSPS) is 10.9. The summed E-state index contributed by atoms with van der Waals surface area (Å²) in [5.74, 6) is -0.284. The van der Waals surface area contributed by atoms with Crippen molar-refractivity contribution in [1.82, 2.24) is 4.57 Å². The molecule has 1 heterocycles. The van der Waals surface area contributed by atoms with Crippen LogP contribution in [0.2, 0.25) is 10.0 Å². The molecule has 1 aromatic heterocycles. The van der Waals surface area contributed by atoms with Crippen LogP contribution in [0.3, 0.4) is 0 Å². The standard InChI is InChI=1S/C15H11Cl2N3O2/c1-8-9(6-18)14(21)20(2)15(22)10(8)7-19-13-11(16)4-3-5-12(13)17/h3-5,7,22H,1-2H3. The van der Waals surface area contributed by atoms with Gasteiger partial charge >= 0.3 is 0 Å². The molecule has 2 aromatic rings. The number of rotatable bonds is 2. The summed E-state index contributed by atoms with van der Waals surface area (Å²) in [6.07, 6.45) is 1.33. The molecule has 0 bridgehead atoms. The van der Waals surface area contributed by atoms with E-state index in [0.29, 0.717) is 21.3 Å². The van der Waals surface area contributed by atoms with Crippen molar-refractivity contribution in [2.24, 2.45) is 12.0 Å². The molecule has 0 aliphatic carbocycles. The lowest BCUT2D eigenvalue weighted by molar-refractivity contribution is 0.421. The van der Waals surface area contributed by atoms with Crippen LogP contribution in [-0.4, -0.2) is 15.9 Å². The van der Waals surface area contributed by atoms with Gasteiger partial charge in [-0.2, -0.15) is 5.26 Å². The molecular formula is C15H11Cl2N3O2. The van der Waals surface area contributed by atoms with Gasteiger partial charge in [0.2, 0.25) is 5.88 Å². The monoisotopic (exact) mass is 335 g/mol. The highest BCUT2D eigenvalue weighted by Gasteiger charge is 2.16. The Bertz CT molecular complexity index is 860. The number of pyridine rings is 1. The molecule has 22 heavy (non-hydrogen) atoms. The molecule has 7 heteroatoms. The minimum atomic E-state index is -0.564. The fourth-order valence-corrected chi connectivity index (χ4v) is 2.43. The Hall–Kier alpha value is -2.29. The van der Waals surface area contributed by atoms with E-state index >= 15 is 0 Å². The van der Waals surface area contributed by atoms with Gasteiger partial charge in [0.1, 0.15) is 17.3 Å². The third kappa shape index (κ3) is 2.71. The zero-order chi connectivity index (χ0) is 16.4. The number of hydrogen-bond donors (Lipinski definition) is 1. The first-order valence-electron chi connectivity index (χ1n) is 6.19. The van der Waals surface area contributed by atoms with Crippen LogP contribution in [0.1, 0.15) is 16.7 Å². The highest BCUT2D eigenvalue weighted by atomic mass is 35.5. The van der Waals surface area contributed by atoms with Crippen LogP contribution >= 0.6 is 23.2 Å². The van der Waals surface area contributed by atoms with E-state index < -0.39 is 5.56 Å². The fourth-order valence-electron chi connectivity index (χ4n) is 1.94. The number of aromatic nitrogens is 1. The molecule has 1 aromatic carbocycles. The van der Waals surface area contributed by atoms with E-state index in [1.165, 1.54) is 13.3 Å². The van der Waals surface area contributed by atoms with E-state index in [4.69, 9.17) is 28.5 Å². The second-order valence-corrected chi connectivity index (χ2v) is 5.36. The summed E-state index contributed by atoms with van der Waals surface area (Å²) in [6.45, 7) is 1.56. The molecule has 0 aliphatic heterocycles. The first kappa shape index (κ1) is 16.1. The highest BCUT2D eigenvalue weighted by molar-refractivity contribution is 6.38. The Morgan fingerprint density at radius 1 is 1.36 bits per heavy atom. The Kier molecular flexibility index (Phi) is 4.55. The minimum absolute atomic E-state index is 0.0491. The number of halogens is 2. The third-order valence-electron chi connectivity index (χ3n) is 3.23. The van der Waals surface area contributed by atoms with Gasteiger partial charge in [-0.05, 0) is 24.6 Å². The second kappa shape index (κ2) is 6.22. The van der Waals surface area contributed by atoms with Crippen LogP contribution in [-0.2, 0) is 7.05 Å². The molecule has 0 unspecified atom stereocenters. The smallest absolute Gasteiger partial charge is 0.271 e. The van der Waals surface area contributed by atoms with Gasteiger partial charge in [-0.3, -0.25) is 14.4 Å². The number of aromatic hydroxyl groups is 1. The average Bonchev–Trinajstić information content (AvgIpc) is 2.48. The molecule has 0 aliphatic rings. The molecule has 0 atom stereocenters. The maximum absolute atomic E-state index is 11.9. The predicted molar refractivity (Wildman–Crippen MR) is 86.5 cm³/mol. The zero-order valence-corrected chi connectivity index (χ0v) is 13.3. The third-order valence-corrected chi connectivity index (χ3v) is 3.84. The maximum atomic E-state index is 11.9.